The average molecular weight is 292 g/mol. The zero-order chi connectivity index (χ0) is 13.7. The molecule has 0 aliphatic carbocycles. The number of aliphatic hydroxyl groups is 1. The molecule has 3 nitrogen and oxygen atoms in total. The van der Waals surface area contributed by atoms with Crippen LogP contribution in [0, 0.1) is 5.82 Å². The third-order valence-electron chi connectivity index (χ3n) is 2.60. The van der Waals surface area contributed by atoms with Crippen molar-refractivity contribution in [2.45, 2.75) is 18.2 Å². The molecule has 0 aliphatic heterocycles. The van der Waals surface area contributed by atoms with Crippen LogP contribution in [0.4, 0.5) is 4.39 Å². The molecule has 18 heavy (non-hydrogen) atoms. The Morgan fingerprint density at radius 3 is 2.83 bits per heavy atom. The standard InChI is InChI=1S/C12H15ClFNO2S/c1-7(10(6-16)18-2)15-12(17)8-4-3-5-9(14)11(8)13/h3-5,7,10,16H,6H2,1-2H3,(H,15,17)/t7-,10-/m0/s1. The maximum atomic E-state index is 13.2. The maximum absolute atomic E-state index is 13.2. The van der Waals surface area contributed by atoms with Crippen LogP contribution in [0.5, 0.6) is 0 Å². The molecule has 1 aromatic rings. The highest BCUT2D eigenvalue weighted by molar-refractivity contribution is 7.99. The van der Waals surface area contributed by atoms with Crippen molar-refractivity contribution < 1.29 is 14.3 Å². The highest BCUT2D eigenvalue weighted by Gasteiger charge is 2.20. The SMILES string of the molecule is CS[C@@H](CO)[C@H](C)NC(=O)c1cccc(F)c1Cl. The van der Waals surface area contributed by atoms with Gasteiger partial charge in [-0.15, -0.1) is 0 Å². The highest BCUT2D eigenvalue weighted by Crippen LogP contribution is 2.20. The number of aliphatic hydroxyl groups excluding tert-OH is 1. The number of benzene rings is 1. The van der Waals surface area contributed by atoms with E-state index in [1.807, 2.05) is 6.26 Å². The zero-order valence-corrected chi connectivity index (χ0v) is 11.7. The number of rotatable bonds is 5. The third-order valence-corrected chi connectivity index (χ3v) is 4.14. The van der Waals surface area contributed by atoms with Gasteiger partial charge in [-0.3, -0.25) is 4.79 Å². The molecule has 0 unspecified atom stereocenters. The molecule has 2 atom stereocenters. The molecule has 1 amide bonds. The summed E-state index contributed by atoms with van der Waals surface area (Å²) in [6.07, 6.45) is 1.85. The fourth-order valence-electron chi connectivity index (χ4n) is 1.49. The highest BCUT2D eigenvalue weighted by atomic mass is 35.5. The van der Waals surface area contributed by atoms with Crippen molar-refractivity contribution in [1.82, 2.24) is 5.32 Å². The number of carbonyl (C=O) groups is 1. The second-order valence-electron chi connectivity index (χ2n) is 3.82. The van der Waals surface area contributed by atoms with Crippen LogP contribution in [0.1, 0.15) is 17.3 Å². The van der Waals surface area contributed by atoms with Gasteiger partial charge in [0.15, 0.2) is 0 Å². The lowest BCUT2D eigenvalue weighted by Crippen LogP contribution is -2.41. The Morgan fingerprint density at radius 2 is 2.28 bits per heavy atom. The number of hydrogen-bond donors (Lipinski definition) is 2. The van der Waals surface area contributed by atoms with Crippen LogP contribution < -0.4 is 5.32 Å². The molecule has 0 radical (unpaired) electrons. The monoisotopic (exact) mass is 291 g/mol. The molecule has 1 rings (SSSR count). The Kier molecular flexibility index (Phi) is 5.91. The van der Waals surface area contributed by atoms with Gasteiger partial charge < -0.3 is 10.4 Å². The maximum Gasteiger partial charge on any atom is 0.253 e. The van der Waals surface area contributed by atoms with Crippen LogP contribution in [-0.2, 0) is 0 Å². The molecule has 0 heterocycles. The van der Waals surface area contributed by atoms with E-state index in [1.165, 1.54) is 30.0 Å². The zero-order valence-electron chi connectivity index (χ0n) is 10.1. The van der Waals surface area contributed by atoms with Crippen molar-refractivity contribution in [3.63, 3.8) is 0 Å². The summed E-state index contributed by atoms with van der Waals surface area (Å²) in [6.45, 7) is 1.74. The first-order chi connectivity index (χ1) is 8.51. The largest absolute Gasteiger partial charge is 0.395 e. The van der Waals surface area contributed by atoms with Crippen molar-refractivity contribution in [3.05, 3.63) is 34.6 Å². The van der Waals surface area contributed by atoms with Gasteiger partial charge in [0, 0.05) is 11.3 Å². The van der Waals surface area contributed by atoms with Crippen molar-refractivity contribution in [1.29, 1.82) is 0 Å². The first kappa shape index (κ1) is 15.3. The Morgan fingerprint density at radius 1 is 1.61 bits per heavy atom. The topological polar surface area (TPSA) is 49.3 Å². The van der Waals surface area contributed by atoms with E-state index in [1.54, 1.807) is 6.92 Å². The van der Waals surface area contributed by atoms with Gasteiger partial charge in [-0.05, 0) is 25.3 Å². The normalized spacial score (nSPS) is 14.1. The lowest BCUT2D eigenvalue weighted by Gasteiger charge is -2.21. The van der Waals surface area contributed by atoms with E-state index in [9.17, 15) is 9.18 Å². The minimum Gasteiger partial charge on any atom is -0.395 e. The van der Waals surface area contributed by atoms with Gasteiger partial charge in [-0.25, -0.2) is 4.39 Å². The molecule has 6 heteroatoms. The Hall–Kier alpha value is -0.780. The van der Waals surface area contributed by atoms with E-state index < -0.39 is 11.7 Å². The van der Waals surface area contributed by atoms with E-state index >= 15 is 0 Å². The minimum absolute atomic E-state index is 0.0422. The van der Waals surface area contributed by atoms with Gasteiger partial charge in [-0.1, -0.05) is 17.7 Å². The molecule has 0 aromatic heterocycles. The summed E-state index contributed by atoms with van der Waals surface area (Å²) in [7, 11) is 0. The van der Waals surface area contributed by atoms with Crippen molar-refractivity contribution in [2.75, 3.05) is 12.9 Å². The van der Waals surface area contributed by atoms with Gasteiger partial charge in [0.05, 0.1) is 17.2 Å². The fourth-order valence-corrected chi connectivity index (χ4v) is 2.33. The molecular weight excluding hydrogens is 277 g/mol. The van der Waals surface area contributed by atoms with Gasteiger partial charge in [-0.2, -0.15) is 11.8 Å². The quantitative estimate of drug-likeness (QED) is 0.875. The lowest BCUT2D eigenvalue weighted by atomic mass is 10.1. The summed E-state index contributed by atoms with van der Waals surface area (Å²) in [5.74, 6) is -1.07. The van der Waals surface area contributed by atoms with E-state index in [-0.39, 0.29) is 28.5 Å². The lowest BCUT2D eigenvalue weighted by molar-refractivity contribution is 0.0935. The fraction of sp³-hybridized carbons (Fsp3) is 0.417. The van der Waals surface area contributed by atoms with E-state index in [2.05, 4.69) is 5.32 Å². The summed E-state index contributed by atoms with van der Waals surface area (Å²) in [5.41, 5.74) is 0.0984. The van der Waals surface area contributed by atoms with E-state index in [4.69, 9.17) is 16.7 Å². The van der Waals surface area contributed by atoms with Crippen LogP contribution in [0.15, 0.2) is 18.2 Å². The van der Waals surface area contributed by atoms with Crippen LogP contribution in [-0.4, -0.2) is 35.2 Å². The minimum atomic E-state index is -0.624. The number of amides is 1. The molecule has 0 spiro atoms. The number of hydrogen-bond acceptors (Lipinski definition) is 3. The molecule has 0 saturated carbocycles. The van der Waals surface area contributed by atoms with Crippen molar-refractivity contribution in [2.24, 2.45) is 0 Å². The molecule has 1 aromatic carbocycles. The van der Waals surface area contributed by atoms with Gasteiger partial charge >= 0.3 is 0 Å². The number of halogens is 2. The number of carbonyl (C=O) groups excluding carboxylic acids is 1. The second-order valence-corrected chi connectivity index (χ2v) is 5.28. The Bertz CT molecular complexity index is 427. The summed E-state index contributed by atoms with van der Waals surface area (Å²) < 4.78 is 13.2. The van der Waals surface area contributed by atoms with Crippen LogP contribution in [0.3, 0.4) is 0 Å². The van der Waals surface area contributed by atoms with E-state index in [0.29, 0.717) is 0 Å². The molecule has 100 valence electrons. The Balaban J connectivity index is 2.79. The molecule has 0 saturated heterocycles. The third kappa shape index (κ3) is 3.60. The molecular formula is C12H15ClFNO2S. The first-order valence-corrected chi connectivity index (χ1v) is 7.06. The van der Waals surface area contributed by atoms with Gasteiger partial charge in [0.25, 0.3) is 5.91 Å². The summed E-state index contributed by atoms with van der Waals surface area (Å²) in [4.78, 5) is 11.9. The summed E-state index contributed by atoms with van der Waals surface area (Å²) in [6, 6.07) is 3.84. The van der Waals surface area contributed by atoms with Crippen molar-refractivity contribution in [3.8, 4) is 0 Å². The molecule has 0 bridgehead atoms. The smallest absolute Gasteiger partial charge is 0.253 e. The van der Waals surface area contributed by atoms with E-state index in [0.717, 1.165) is 0 Å². The molecule has 0 fully saturated rings. The average Bonchev–Trinajstić information content (AvgIpc) is 2.34. The summed E-state index contributed by atoms with van der Waals surface area (Å²) in [5, 5.41) is 11.5. The molecule has 2 N–H and O–H groups in total. The number of thioether (sulfide) groups is 1. The predicted octanol–water partition coefficient (Wildman–Crippen LogP) is 2.32. The van der Waals surface area contributed by atoms with Crippen LogP contribution in [0.2, 0.25) is 5.02 Å². The van der Waals surface area contributed by atoms with Crippen LogP contribution >= 0.6 is 23.4 Å². The second kappa shape index (κ2) is 6.97. The van der Waals surface area contributed by atoms with Crippen LogP contribution in [0.25, 0.3) is 0 Å². The molecule has 0 aliphatic rings. The summed E-state index contributed by atoms with van der Waals surface area (Å²) >= 11 is 7.18. The number of nitrogens with one attached hydrogen (secondary N) is 1. The Labute approximate surface area is 115 Å². The predicted molar refractivity (Wildman–Crippen MR) is 72.7 cm³/mol. The van der Waals surface area contributed by atoms with Gasteiger partial charge in [0.1, 0.15) is 5.82 Å². The van der Waals surface area contributed by atoms with Gasteiger partial charge in [0.2, 0.25) is 0 Å². The first-order valence-electron chi connectivity index (χ1n) is 5.39. The van der Waals surface area contributed by atoms with Crippen molar-refractivity contribution >= 4 is 29.3 Å².